The summed E-state index contributed by atoms with van der Waals surface area (Å²) in [4.78, 5) is 16.1. The average molecular weight is 281 g/mol. The molecule has 1 aromatic heterocycles. The first kappa shape index (κ1) is 13.7. The topological polar surface area (TPSA) is 42.0 Å². The highest BCUT2D eigenvalue weighted by Crippen LogP contribution is 2.21. The maximum absolute atomic E-state index is 13.1. The highest BCUT2D eigenvalue weighted by Gasteiger charge is 2.14. The molecule has 1 atom stereocenters. The van der Waals surface area contributed by atoms with Crippen LogP contribution in [-0.4, -0.2) is 16.9 Å². The number of amides is 1. The van der Waals surface area contributed by atoms with Gasteiger partial charge in [-0.05, 0) is 31.5 Å². The molecule has 0 saturated heterocycles. The fraction of sp³-hybridized carbons (Fsp3) is 0.286. The molecule has 0 fully saturated rings. The second kappa shape index (κ2) is 5.53. The molecule has 1 unspecified atom stereocenters. The number of benzene rings is 1. The van der Waals surface area contributed by atoms with Gasteiger partial charge in [0.15, 0.2) is 0 Å². The monoisotopic (exact) mass is 280 g/mol. The van der Waals surface area contributed by atoms with E-state index < -0.39 is 0 Å². The molecule has 1 heterocycles. The number of fused-ring (bicyclic) bond motifs is 1. The number of hydrogen-bond acceptors (Lipinski definition) is 2. The minimum atomic E-state index is -0.382. The lowest BCUT2D eigenvalue weighted by molar-refractivity contribution is 0.0939. The molecule has 19 heavy (non-hydrogen) atoms. The Bertz CT molecular complexity index is 630. The summed E-state index contributed by atoms with van der Waals surface area (Å²) in [5.74, 6) is -0.647. The fourth-order valence-corrected chi connectivity index (χ4v) is 1.91. The molecule has 0 aliphatic rings. The summed E-state index contributed by atoms with van der Waals surface area (Å²) in [6.45, 7) is 3.89. The van der Waals surface area contributed by atoms with Gasteiger partial charge in [0.1, 0.15) is 11.0 Å². The van der Waals surface area contributed by atoms with Gasteiger partial charge in [0.25, 0.3) is 5.91 Å². The van der Waals surface area contributed by atoms with Crippen molar-refractivity contribution in [3.63, 3.8) is 0 Å². The van der Waals surface area contributed by atoms with Crippen molar-refractivity contribution in [3.05, 3.63) is 40.8 Å². The molecular formula is C14H14ClFN2O. The Hall–Kier alpha value is -1.68. The highest BCUT2D eigenvalue weighted by molar-refractivity contribution is 6.33. The van der Waals surface area contributed by atoms with E-state index in [1.807, 2.05) is 13.8 Å². The molecule has 0 bridgehead atoms. The zero-order valence-electron chi connectivity index (χ0n) is 10.7. The molecule has 0 aliphatic heterocycles. The van der Waals surface area contributed by atoms with Gasteiger partial charge in [-0.2, -0.15) is 0 Å². The summed E-state index contributed by atoms with van der Waals surface area (Å²) in [7, 11) is 0. The second-order valence-corrected chi connectivity index (χ2v) is 4.80. The number of pyridine rings is 1. The minimum absolute atomic E-state index is 0.0625. The lowest BCUT2D eigenvalue weighted by Crippen LogP contribution is -2.32. The number of aromatic nitrogens is 1. The van der Waals surface area contributed by atoms with E-state index in [1.54, 1.807) is 12.1 Å². The molecule has 1 N–H and O–H groups in total. The van der Waals surface area contributed by atoms with E-state index in [4.69, 9.17) is 11.6 Å². The molecule has 0 aliphatic carbocycles. The van der Waals surface area contributed by atoms with Gasteiger partial charge in [-0.15, -0.1) is 0 Å². The van der Waals surface area contributed by atoms with Crippen LogP contribution in [0.5, 0.6) is 0 Å². The lowest BCUT2D eigenvalue weighted by atomic mass is 10.1. The average Bonchev–Trinajstić information content (AvgIpc) is 2.37. The third kappa shape index (κ3) is 3.01. The predicted molar refractivity (Wildman–Crippen MR) is 73.9 cm³/mol. The van der Waals surface area contributed by atoms with Crippen LogP contribution < -0.4 is 5.32 Å². The minimum Gasteiger partial charge on any atom is -0.350 e. The lowest BCUT2D eigenvalue weighted by Gasteiger charge is -2.12. The first-order chi connectivity index (χ1) is 9.01. The van der Waals surface area contributed by atoms with Crippen LogP contribution in [0, 0.1) is 5.82 Å². The van der Waals surface area contributed by atoms with Crippen LogP contribution >= 0.6 is 11.6 Å². The second-order valence-electron chi connectivity index (χ2n) is 4.45. The van der Waals surface area contributed by atoms with Gasteiger partial charge in [-0.1, -0.05) is 18.5 Å². The van der Waals surface area contributed by atoms with Crippen LogP contribution in [0.25, 0.3) is 10.9 Å². The van der Waals surface area contributed by atoms with Crippen molar-refractivity contribution >= 4 is 28.4 Å². The van der Waals surface area contributed by atoms with Crippen LogP contribution in [0.15, 0.2) is 24.3 Å². The molecule has 2 aromatic rings. The first-order valence-corrected chi connectivity index (χ1v) is 6.45. The first-order valence-electron chi connectivity index (χ1n) is 6.08. The van der Waals surface area contributed by atoms with Crippen molar-refractivity contribution in [1.29, 1.82) is 0 Å². The standard InChI is InChI=1S/C14H14ClFN2O/c1-3-8(2)17-14(19)11-6-9-4-5-10(16)7-12(9)18-13(11)15/h4-8H,3H2,1-2H3,(H,17,19). The van der Waals surface area contributed by atoms with Crippen LogP contribution in [0.1, 0.15) is 30.6 Å². The van der Waals surface area contributed by atoms with Gasteiger partial charge in [-0.3, -0.25) is 4.79 Å². The Morgan fingerprint density at radius 1 is 1.47 bits per heavy atom. The summed E-state index contributed by atoms with van der Waals surface area (Å²) >= 11 is 5.98. The molecule has 100 valence electrons. The summed E-state index contributed by atoms with van der Waals surface area (Å²) in [6, 6.07) is 5.88. The zero-order chi connectivity index (χ0) is 14.0. The van der Waals surface area contributed by atoms with Crippen molar-refractivity contribution in [3.8, 4) is 0 Å². The van der Waals surface area contributed by atoms with Gasteiger partial charge in [0.2, 0.25) is 0 Å². The highest BCUT2D eigenvalue weighted by atomic mass is 35.5. The summed E-state index contributed by atoms with van der Waals surface area (Å²) in [5.41, 5.74) is 0.742. The maximum Gasteiger partial charge on any atom is 0.254 e. The summed E-state index contributed by atoms with van der Waals surface area (Å²) in [6.07, 6.45) is 0.829. The number of carbonyl (C=O) groups excluding carboxylic acids is 1. The maximum atomic E-state index is 13.1. The van der Waals surface area contributed by atoms with E-state index in [-0.39, 0.29) is 22.9 Å². The molecule has 5 heteroatoms. The van der Waals surface area contributed by atoms with Crippen molar-refractivity contribution in [2.24, 2.45) is 0 Å². The predicted octanol–water partition coefficient (Wildman–Crippen LogP) is 3.56. The van der Waals surface area contributed by atoms with Gasteiger partial charge in [0.05, 0.1) is 11.1 Å². The van der Waals surface area contributed by atoms with Gasteiger partial charge in [-0.25, -0.2) is 9.37 Å². The van der Waals surface area contributed by atoms with E-state index >= 15 is 0 Å². The molecule has 0 spiro atoms. The largest absolute Gasteiger partial charge is 0.350 e. The van der Waals surface area contributed by atoms with Gasteiger partial charge < -0.3 is 5.32 Å². The Kier molecular flexibility index (Phi) is 4.00. The SMILES string of the molecule is CCC(C)NC(=O)c1cc2ccc(F)cc2nc1Cl. The Morgan fingerprint density at radius 2 is 2.21 bits per heavy atom. The molecule has 2 rings (SSSR count). The fourth-order valence-electron chi connectivity index (χ4n) is 1.68. The molecule has 0 saturated carbocycles. The number of halogens is 2. The molecule has 0 radical (unpaired) electrons. The van der Waals surface area contributed by atoms with Gasteiger partial charge >= 0.3 is 0 Å². The van der Waals surface area contributed by atoms with Crippen molar-refractivity contribution in [2.75, 3.05) is 0 Å². The number of nitrogens with zero attached hydrogens (tertiary/aromatic N) is 1. The number of hydrogen-bond donors (Lipinski definition) is 1. The zero-order valence-corrected chi connectivity index (χ0v) is 11.5. The quantitative estimate of drug-likeness (QED) is 0.874. The third-order valence-electron chi connectivity index (χ3n) is 2.97. The Labute approximate surface area is 115 Å². The smallest absolute Gasteiger partial charge is 0.254 e. The van der Waals surface area contributed by atoms with Crippen LogP contribution in [0.3, 0.4) is 0 Å². The molecule has 1 aromatic carbocycles. The van der Waals surface area contributed by atoms with E-state index in [1.165, 1.54) is 12.1 Å². The van der Waals surface area contributed by atoms with Crippen molar-refractivity contribution in [2.45, 2.75) is 26.3 Å². The molecule has 3 nitrogen and oxygen atoms in total. The van der Waals surface area contributed by atoms with Crippen molar-refractivity contribution in [1.82, 2.24) is 10.3 Å². The van der Waals surface area contributed by atoms with E-state index in [2.05, 4.69) is 10.3 Å². The number of rotatable bonds is 3. The molecular weight excluding hydrogens is 267 g/mol. The van der Waals surface area contributed by atoms with Crippen molar-refractivity contribution < 1.29 is 9.18 Å². The number of carbonyl (C=O) groups is 1. The summed E-state index contributed by atoms with van der Waals surface area (Å²) in [5, 5.41) is 3.59. The van der Waals surface area contributed by atoms with E-state index in [0.717, 1.165) is 6.42 Å². The Morgan fingerprint density at radius 3 is 2.89 bits per heavy atom. The Balaban J connectivity index is 2.41. The van der Waals surface area contributed by atoms with Gasteiger partial charge in [0, 0.05) is 17.5 Å². The van der Waals surface area contributed by atoms with E-state index in [9.17, 15) is 9.18 Å². The normalized spacial score (nSPS) is 12.4. The van der Waals surface area contributed by atoms with Crippen LogP contribution in [-0.2, 0) is 0 Å². The van der Waals surface area contributed by atoms with E-state index in [0.29, 0.717) is 16.5 Å². The van der Waals surface area contributed by atoms with Crippen LogP contribution in [0.2, 0.25) is 5.15 Å². The summed E-state index contributed by atoms with van der Waals surface area (Å²) < 4.78 is 13.1. The van der Waals surface area contributed by atoms with Crippen LogP contribution in [0.4, 0.5) is 4.39 Å². The molecule has 1 amide bonds. The third-order valence-corrected chi connectivity index (χ3v) is 3.26. The number of nitrogens with one attached hydrogen (secondary N) is 1.